The highest BCUT2D eigenvalue weighted by atomic mass is 32.2. The molecule has 0 saturated heterocycles. The summed E-state index contributed by atoms with van der Waals surface area (Å²) in [5, 5.41) is 3.78. The zero-order valence-electron chi connectivity index (χ0n) is 17.7. The van der Waals surface area contributed by atoms with Gasteiger partial charge in [-0.2, -0.15) is 5.10 Å². The van der Waals surface area contributed by atoms with E-state index in [1.54, 1.807) is 12.1 Å². The average Bonchev–Trinajstić information content (AvgIpc) is 2.80. The maximum absolute atomic E-state index is 12.5. The lowest BCUT2D eigenvalue weighted by atomic mass is 10.2. The zero-order valence-corrected chi connectivity index (χ0v) is 18.5. The zero-order chi connectivity index (χ0) is 24.0. The van der Waals surface area contributed by atoms with Gasteiger partial charge in [0.05, 0.1) is 11.5 Å². The van der Waals surface area contributed by atoms with Crippen LogP contribution in [0.4, 0.5) is 5.69 Å². The van der Waals surface area contributed by atoms with Gasteiger partial charge in [0.1, 0.15) is 5.75 Å². The minimum atomic E-state index is -3.83. The fraction of sp³-hybridized carbons (Fsp3) is 0.143. The number of nitrogens with zero attached hydrogens (tertiary/aromatic N) is 2. The van der Waals surface area contributed by atoms with E-state index in [4.69, 9.17) is 4.74 Å². The molecular formula is C21H21N5O6S. The molecule has 0 spiro atoms. The van der Waals surface area contributed by atoms with Crippen LogP contribution < -0.4 is 25.9 Å². The number of amides is 2. The van der Waals surface area contributed by atoms with E-state index in [1.807, 2.05) is 6.92 Å². The van der Waals surface area contributed by atoms with Crippen LogP contribution in [-0.4, -0.2) is 36.6 Å². The van der Waals surface area contributed by atoms with Crippen molar-refractivity contribution in [1.82, 2.24) is 20.6 Å². The number of anilines is 1. The summed E-state index contributed by atoms with van der Waals surface area (Å²) in [6, 6.07) is 14.0. The van der Waals surface area contributed by atoms with Crippen molar-refractivity contribution in [2.45, 2.75) is 11.8 Å². The summed E-state index contributed by atoms with van der Waals surface area (Å²) in [5.74, 6) is -0.779. The van der Waals surface area contributed by atoms with E-state index in [9.17, 15) is 22.8 Å². The molecule has 3 N–H and O–H groups in total. The summed E-state index contributed by atoms with van der Waals surface area (Å²) in [5.41, 5.74) is 4.40. The maximum Gasteiger partial charge on any atom is 0.290 e. The molecule has 33 heavy (non-hydrogen) atoms. The minimum Gasteiger partial charge on any atom is -0.494 e. The number of ether oxygens (including phenoxy) is 1. The molecule has 1 aromatic heterocycles. The van der Waals surface area contributed by atoms with Crippen molar-refractivity contribution in [3.8, 4) is 5.75 Å². The molecule has 0 aliphatic carbocycles. The van der Waals surface area contributed by atoms with Gasteiger partial charge >= 0.3 is 0 Å². The predicted octanol–water partition coefficient (Wildman–Crippen LogP) is 1.05. The lowest BCUT2D eigenvalue weighted by Crippen LogP contribution is -2.42. The molecule has 2 aromatic carbocycles. The highest BCUT2D eigenvalue weighted by Gasteiger charge is 2.15. The molecule has 0 fully saturated rings. The van der Waals surface area contributed by atoms with Gasteiger partial charge in [0.2, 0.25) is 0 Å². The summed E-state index contributed by atoms with van der Waals surface area (Å²) in [6.07, 6.45) is 0. The number of carbonyl (C=O) groups excluding carboxylic acids is 2. The maximum atomic E-state index is 12.5. The summed E-state index contributed by atoms with van der Waals surface area (Å²) >= 11 is 0. The fourth-order valence-electron chi connectivity index (χ4n) is 2.66. The summed E-state index contributed by atoms with van der Waals surface area (Å²) in [6.45, 7) is 2.30. The third-order valence-electron chi connectivity index (χ3n) is 4.33. The molecule has 11 nitrogen and oxygen atoms in total. The van der Waals surface area contributed by atoms with Gasteiger partial charge in [-0.1, -0.05) is 0 Å². The highest BCUT2D eigenvalue weighted by Crippen LogP contribution is 2.19. The van der Waals surface area contributed by atoms with Crippen LogP contribution in [0.2, 0.25) is 0 Å². The van der Waals surface area contributed by atoms with Crippen LogP contribution in [-0.2, 0) is 17.1 Å². The van der Waals surface area contributed by atoms with Crippen molar-refractivity contribution in [3.05, 3.63) is 82.3 Å². The Balaban J connectivity index is 1.60. The van der Waals surface area contributed by atoms with Crippen LogP contribution in [0.5, 0.6) is 5.75 Å². The van der Waals surface area contributed by atoms with E-state index in [-0.39, 0.29) is 27.4 Å². The molecule has 0 radical (unpaired) electrons. The Hall–Kier alpha value is -4.19. The van der Waals surface area contributed by atoms with Gasteiger partial charge in [-0.25, -0.2) is 13.1 Å². The van der Waals surface area contributed by atoms with E-state index in [0.717, 1.165) is 4.68 Å². The molecule has 0 saturated carbocycles. The summed E-state index contributed by atoms with van der Waals surface area (Å²) in [4.78, 5) is 35.7. The molecule has 1 heterocycles. The van der Waals surface area contributed by atoms with Gasteiger partial charge in [0.15, 0.2) is 5.69 Å². The number of benzene rings is 2. The summed E-state index contributed by atoms with van der Waals surface area (Å²) < 4.78 is 33.8. The molecule has 0 unspecified atom stereocenters. The van der Waals surface area contributed by atoms with E-state index in [2.05, 4.69) is 20.7 Å². The Morgan fingerprint density at radius 1 is 0.939 bits per heavy atom. The second-order valence-corrected chi connectivity index (χ2v) is 8.36. The number of aromatic nitrogens is 2. The quantitative estimate of drug-likeness (QED) is 0.436. The van der Waals surface area contributed by atoms with Gasteiger partial charge in [-0.3, -0.25) is 30.0 Å². The molecule has 0 atom stereocenters. The van der Waals surface area contributed by atoms with E-state index >= 15 is 0 Å². The van der Waals surface area contributed by atoms with Crippen LogP contribution in [0.15, 0.2) is 70.4 Å². The number of aryl methyl sites for hydroxylation is 1. The van der Waals surface area contributed by atoms with Crippen molar-refractivity contribution in [3.63, 3.8) is 0 Å². The first-order valence-electron chi connectivity index (χ1n) is 9.70. The number of nitrogens with one attached hydrogen (secondary N) is 3. The first-order valence-corrected chi connectivity index (χ1v) is 11.2. The number of hydrogen-bond acceptors (Lipinski definition) is 7. The smallest absolute Gasteiger partial charge is 0.290 e. The van der Waals surface area contributed by atoms with Crippen molar-refractivity contribution in [2.75, 3.05) is 11.3 Å². The standard InChI is InChI=1S/C21H21N5O6S/c1-3-32-16-8-10-17(11-9-16)33(30,31)25-15-6-4-14(5-7-15)20(28)22-23-21(29)18-12-13-19(27)26(2)24-18/h4-13,25H,3H2,1-2H3,(H,22,28)(H,23,29). The SMILES string of the molecule is CCOc1ccc(S(=O)(=O)Nc2ccc(C(=O)NNC(=O)c3ccc(=O)n(C)n3)cc2)cc1. The van der Waals surface area contributed by atoms with Crippen LogP contribution >= 0.6 is 0 Å². The second kappa shape index (κ2) is 9.96. The number of rotatable bonds is 7. The first-order chi connectivity index (χ1) is 15.7. The van der Waals surface area contributed by atoms with Gasteiger partial charge in [-0.15, -0.1) is 0 Å². The average molecular weight is 471 g/mol. The molecule has 2 amide bonds. The van der Waals surface area contributed by atoms with Gasteiger partial charge in [-0.05, 0) is 61.5 Å². The van der Waals surface area contributed by atoms with E-state index in [1.165, 1.54) is 55.6 Å². The Kier molecular flexibility index (Phi) is 7.08. The second-order valence-electron chi connectivity index (χ2n) is 6.68. The molecule has 3 aromatic rings. The number of hydrogen-bond donors (Lipinski definition) is 3. The van der Waals surface area contributed by atoms with E-state index < -0.39 is 21.8 Å². The number of hydrazine groups is 1. The minimum absolute atomic E-state index is 0.0579. The monoisotopic (exact) mass is 471 g/mol. The molecule has 0 aliphatic heterocycles. The lowest BCUT2D eigenvalue weighted by Gasteiger charge is -2.10. The Labute approximate surface area is 189 Å². The molecule has 12 heteroatoms. The third kappa shape index (κ3) is 5.95. The predicted molar refractivity (Wildman–Crippen MR) is 119 cm³/mol. The molecule has 0 bridgehead atoms. The van der Waals surface area contributed by atoms with Gasteiger partial charge < -0.3 is 4.74 Å². The number of sulfonamides is 1. The van der Waals surface area contributed by atoms with Gasteiger partial charge in [0.25, 0.3) is 27.4 Å². The third-order valence-corrected chi connectivity index (χ3v) is 5.72. The van der Waals surface area contributed by atoms with Crippen molar-refractivity contribution < 1.29 is 22.7 Å². The topological polar surface area (TPSA) is 148 Å². The Bertz CT molecular complexity index is 1320. The van der Waals surface area contributed by atoms with Crippen LogP contribution in [0.1, 0.15) is 27.8 Å². The fourth-order valence-corrected chi connectivity index (χ4v) is 3.72. The molecule has 172 valence electrons. The molecular weight excluding hydrogens is 450 g/mol. The Morgan fingerprint density at radius 3 is 2.18 bits per heavy atom. The van der Waals surface area contributed by atoms with Crippen molar-refractivity contribution in [2.24, 2.45) is 7.05 Å². The molecule has 3 rings (SSSR count). The van der Waals surface area contributed by atoms with Gasteiger partial charge in [0, 0.05) is 24.4 Å². The lowest BCUT2D eigenvalue weighted by molar-refractivity contribution is 0.0842. The Morgan fingerprint density at radius 2 is 1.58 bits per heavy atom. The van der Waals surface area contributed by atoms with Crippen LogP contribution in [0.25, 0.3) is 0 Å². The first kappa shape index (κ1) is 23.5. The largest absolute Gasteiger partial charge is 0.494 e. The number of carbonyl (C=O) groups is 2. The van der Waals surface area contributed by atoms with Crippen molar-refractivity contribution >= 4 is 27.5 Å². The van der Waals surface area contributed by atoms with Crippen molar-refractivity contribution in [1.29, 1.82) is 0 Å². The normalized spacial score (nSPS) is 10.8. The molecule has 0 aliphatic rings. The highest BCUT2D eigenvalue weighted by molar-refractivity contribution is 7.92. The van der Waals surface area contributed by atoms with Crippen LogP contribution in [0, 0.1) is 0 Å². The van der Waals surface area contributed by atoms with E-state index in [0.29, 0.717) is 12.4 Å². The van der Waals surface area contributed by atoms with Crippen LogP contribution in [0.3, 0.4) is 0 Å². The summed E-state index contributed by atoms with van der Waals surface area (Å²) in [7, 11) is -2.44.